The summed E-state index contributed by atoms with van der Waals surface area (Å²) < 4.78 is 0. The Kier molecular flexibility index (Phi) is 3.55. The first kappa shape index (κ1) is 13.6. The molecule has 0 saturated carbocycles. The van der Waals surface area contributed by atoms with Crippen molar-refractivity contribution < 1.29 is 19.8 Å². The van der Waals surface area contributed by atoms with Crippen LogP contribution < -0.4 is 5.32 Å². The van der Waals surface area contributed by atoms with Crippen LogP contribution >= 0.6 is 0 Å². The zero-order chi connectivity index (χ0) is 14.3. The molecular weight excluding hydrogens is 262 g/mol. The minimum atomic E-state index is -1.05. The number of aliphatic carboxylic acids is 1. The molecule has 3 N–H and O–H groups in total. The largest absolute Gasteiger partial charge is 0.480 e. The van der Waals surface area contributed by atoms with Gasteiger partial charge in [-0.05, 0) is 31.8 Å². The van der Waals surface area contributed by atoms with E-state index in [9.17, 15) is 14.7 Å². The molecule has 4 saturated heterocycles. The van der Waals surface area contributed by atoms with Gasteiger partial charge in [0.05, 0.1) is 6.10 Å². The molecule has 0 aromatic rings. The molecule has 0 spiro atoms. The average Bonchev–Trinajstić information content (AvgIpc) is 2.82. The van der Waals surface area contributed by atoms with Crippen molar-refractivity contribution in [2.45, 2.75) is 37.5 Å². The zero-order valence-corrected chi connectivity index (χ0v) is 11.4. The number of piperidine rings is 3. The first-order chi connectivity index (χ1) is 9.54. The second kappa shape index (κ2) is 5.21. The van der Waals surface area contributed by atoms with Crippen molar-refractivity contribution >= 4 is 12.0 Å². The Balaban J connectivity index is 1.62. The molecular formula is C13H21N3O4. The molecule has 112 valence electrons. The summed E-state index contributed by atoms with van der Waals surface area (Å²) in [5, 5.41) is 21.7. The van der Waals surface area contributed by atoms with Crippen LogP contribution in [0.5, 0.6) is 0 Å². The third-order valence-electron chi connectivity index (χ3n) is 4.79. The maximum absolute atomic E-state index is 12.3. The number of aliphatic hydroxyl groups excluding tert-OH is 1. The number of aliphatic hydroxyl groups is 1. The highest BCUT2D eigenvalue weighted by Crippen LogP contribution is 2.28. The van der Waals surface area contributed by atoms with E-state index >= 15 is 0 Å². The van der Waals surface area contributed by atoms with Crippen molar-refractivity contribution in [2.75, 3.05) is 26.2 Å². The van der Waals surface area contributed by atoms with Crippen LogP contribution in [0, 0.1) is 5.92 Å². The number of rotatable bonds is 2. The standard InChI is InChI=1S/C13H21N3O4/c17-9-5-11(12(18)19)16(6-9)13(20)14-10-7-15-3-1-8(10)2-4-15/h8-11,17H,1-7H2,(H,14,20)(H,18,19). The minimum Gasteiger partial charge on any atom is -0.480 e. The number of β-amino-alcohol motifs (C(OH)–C–C–N with tert-alkyl or cyclic N) is 1. The molecule has 0 aromatic heterocycles. The van der Waals surface area contributed by atoms with Gasteiger partial charge < -0.3 is 25.3 Å². The third-order valence-corrected chi connectivity index (χ3v) is 4.79. The number of hydrogen-bond donors (Lipinski definition) is 3. The molecule has 3 unspecified atom stereocenters. The lowest BCUT2D eigenvalue weighted by molar-refractivity contribution is -0.141. The molecule has 2 amide bonds. The SMILES string of the molecule is O=C(O)C1CC(O)CN1C(=O)NC1CN2CCC1CC2. The maximum atomic E-state index is 12.3. The predicted octanol–water partition coefficient (Wildman–Crippen LogP) is -0.690. The molecule has 3 atom stereocenters. The molecule has 0 aliphatic carbocycles. The van der Waals surface area contributed by atoms with E-state index in [-0.39, 0.29) is 25.0 Å². The maximum Gasteiger partial charge on any atom is 0.326 e. The Bertz CT molecular complexity index is 408. The van der Waals surface area contributed by atoms with E-state index in [0.29, 0.717) is 5.92 Å². The zero-order valence-electron chi connectivity index (χ0n) is 11.4. The number of fused-ring (bicyclic) bond motifs is 3. The van der Waals surface area contributed by atoms with Crippen molar-refractivity contribution in [3.05, 3.63) is 0 Å². The highest BCUT2D eigenvalue weighted by Gasteiger charge is 2.41. The van der Waals surface area contributed by atoms with Crippen LogP contribution in [0.25, 0.3) is 0 Å². The Morgan fingerprint density at radius 2 is 1.85 bits per heavy atom. The van der Waals surface area contributed by atoms with Gasteiger partial charge in [-0.2, -0.15) is 0 Å². The summed E-state index contributed by atoms with van der Waals surface area (Å²) in [6.07, 6.45) is 1.56. The first-order valence-electron chi connectivity index (χ1n) is 7.25. The Morgan fingerprint density at radius 1 is 1.15 bits per heavy atom. The fourth-order valence-corrected chi connectivity index (χ4v) is 3.64. The van der Waals surface area contributed by atoms with Gasteiger partial charge in [0.1, 0.15) is 6.04 Å². The highest BCUT2D eigenvalue weighted by molar-refractivity contribution is 5.83. The number of nitrogens with one attached hydrogen (secondary N) is 1. The van der Waals surface area contributed by atoms with E-state index in [1.54, 1.807) is 0 Å². The second-order valence-corrected chi connectivity index (χ2v) is 6.09. The summed E-state index contributed by atoms with van der Waals surface area (Å²) in [5.74, 6) is -0.551. The monoisotopic (exact) mass is 283 g/mol. The number of carboxylic acid groups (broad SMARTS) is 1. The smallest absolute Gasteiger partial charge is 0.326 e. The van der Waals surface area contributed by atoms with E-state index < -0.39 is 18.1 Å². The van der Waals surface area contributed by atoms with Crippen molar-refractivity contribution in [1.29, 1.82) is 0 Å². The number of hydrogen-bond acceptors (Lipinski definition) is 4. The Labute approximate surface area is 117 Å². The van der Waals surface area contributed by atoms with Gasteiger partial charge in [0.15, 0.2) is 0 Å². The van der Waals surface area contributed by atoms with Gasteiger partial charge in [-0.1, -0.05) is 0 Å². The molecule has 2 bridgehead atoms. The van der Waals surface area contributed by atoms with E-state index in [4.69, 9.17) is 5.11 Å². The van der Waals surface area contributed by atoms with Crippen LogP contribution in [0.15, 0.2) is 0 Å². The number of carboxylic acids is 1. The number of carbonyl (C=O) groups excluding carboxylic acids is 1. The molecule has 4 aliphatic heterocycles. The van der Waals surface area contributed by atoms with Crippen molar-refractivity contribution in [1.82, 2.24) is 15.1 Å². The van der Waals surface area contributed by atoms with E-state index in [2.05, 4.69) is 10.2 Å². The quantitative estimate of drug-likeness (QED) is 0.624. The normalized spacial score (nSPS) is 39.9. The minimum absolute atomic E-state index is 0.101. The number of amides is 2. The lowest BCUT2D eigenvalue weighted by Gasteiger charge is -2.45. The number of likely N-dealkylation sites (tertiary alicyclic amines) is 1. The second-order valence-electron chi connectivity index (χ2n) is 6.09. The van der Waals surface area contributed by atoms with Crippen LogP contribution in [-0.2, 0) is 4.79 Å². The third kappa shape index (κ3) is 2.47. The van der Waals surface area contributed by atoms with Crippen molar-refractivity contribution in [3.8, 4) is 0 Å². The van der Waals surface area contributed by atoms with E-state index in [1.165, 1.54) is 4.90 Å². The van der Waals surface area contributed by atoms with Crippen molar-refractivity contribution in [2.24, 2.45) is 5.92 Å². The molecule has 4 fully saturated rings. The fraction of sp³-hybridized carbons (Fsp3) is 0.846. The lowest BCUT2D eigenvalue weighted by atomic mass is 9.84. The average molecular weight is 283 g/mol. The summed E-state index contributed by atoms with van der Waals surface area (Å²) >= 11 is 0. The summed E-state index contributed by atoms with van der Waals surface area (Å²) in [4.78, 5) is 27.0. The molecule has 0 radical (unpaired) electrons. The molecule has 7 nitrogen and oxygen atoms in total. The molecule has 4 aliphatic rings. The summed E-state index contributed by atoms with van der Waals surface area (Å²) in [5.41, 5.74) is 0. The Hall–Kier alpha value is -1.34. The van der Waals surface area contributed by atoms with Gasteiger partial charge in [0.2, 0.25) is 0 Å². The van der Waals surface area contributed by atoms with Crippen LogP contribution in [0.3, 0.4) is 0 Å². The highest BCUT2D eigenvalue weighted by atomic mass is 16.4. The van der Waals surface area contributed by atoms with E-state index in [0.717, 1.165) is 32.5 Å². The van der Waals surface area contributed by atoms with Gasteiger partial charge in [-0.15, -0.1) is 0 Å². The lowest BCUT2D eigenvalue weighted by Crippen LogP contribution is -2.59. The van der Waals surface area contributed by atoms with Gasteiger partial charge in [-0.3, -0.25) is 0 Å². The summed E-state index contributed by atoms with van der Waals surface area (Å²) in [7, 11) is 0. The van der Waals surface area contributed by atoms with Crippen molar-refractivity contribution in [3.63, 3.8) is 0 Å². The van der Waals surface area contributed by atoms with Gasteiger partial charge in [-0.25, -0.2) is 9.59 Å². The summed E-state index contributed by atoms with van der Waals surface area (Å²) in [6.45, 7) is 3.14. The molecule has 0 aromatic carbocycles. The molecule has 7 heteroatoms. The van der Waals surface area contributed by atoms with Gasteiger partial charge in [0.25, 0.3) is 0 Å². The van der Waals surface area contributed by atoms with Gasteiger partial charge in [0, 0.05) is 25.6 Å². The molecule has 20 heavy (non-hydrogen) atoms. The topological polar surface area (TPSA) is 93.1 Å². The van der Waals surface area contributed by atoms with E-state index in [1.807, 2.05) is 0 Å². The first-order valence-corrected chi connectivity index (χ1v) is 7.25. The number of carbonyl (C=O) groups is 2. The van der Waals surface area contributed by atoms with Crippen LogP contribution in [-0.4, -0.2) is 76.4 Å². The molecule has 4 heterocycles. The van der Waals surface area contributed by atoms with Crippen LogP contribution in [0.1, 0.15) is 19.3 Å². The van der Waals surface area contributed by atoms with Crippen LogP contribution in [0.2, 0.25) is 0 Å². The predicted molar refractivity (Wildman–Crippen MR) is 70.2 cm³/mol. The number of urea groups is 1. The summed E-state index contributed by atoms with van der Waals surface area (Å²) in [6, 6.07) is -1.16. The Morgan fingerprint density at radius 3 is 2.40 bits per heavy atom. The molecule has 4 rings (SSSR count). The fourth-order valence-electron chi connectivity index (χ4n) is 3.64. The van der Waals surface area contributed by atoms with Gasteiger partial charge >= 0.3 is 12.0 Å². The number of nitrogens with zero attached hydrogens (tertiary/aromatic N) is 2. The van der Waals surface area contributed by atoms with Crippen LogP contribution in [0.4, 0.5) is 4.79 Å².